The van der Waals surface area contributed by atoms with E-state index >= 15 is 0 Å². The molecule has 0 aliphatic rings. The van der Waals surface area contributed by atoms with Crippen LogP contribution < -0.4 is 5.73 Å². The van der Waals surface area contributed by atoms with Gasteiger partial charge in [-0.25, -0.2) is 0 Å². The van der Waals surface area contributed by atoms with E-state index in [1.807, 2.05) is 0 Å². The van der Waals surface area contributed by atoms with E-state index in [1.165, 1.54) is 13.8 Å². The maximum absolute atomic E-state index is 8.89. The lowest BCUT2D eigenvalue weighted by Crippen LogP contribution is -2.33. The van der Waals surface area contributed by atoms with E-state index in [0.717, 1.165) is 0 Å². The molecule has 1 atom stereocenters. The van der Waals surface area contributed by atoms with Crippen LogP contribution >= 0.6 is 0 Å². The molecule has 0 heterocycles. The summed E-state index contributed by atoms with van der Waals surface area (Å²) < 4.78 is 4.77. The van der Waals surface area contributed by atoms with Crippen LogP contribution in [0.1, 0.15) is 20.8 Å². The highest BCUT2D eigenvalue weighted by atomic mass is 16.6. The first kappa shape index (κ1) is 7.88. The molecule has 0 spiro atoms. The minimum absolute atomic E-state index is 0.407. The lowest BCUT2D eigenvalue weighted by Gasteiger charge is -2.20. The van der Waals surface area contributed by atoms with Crippen LogP contribution in [0.4, 0.5) is 0 Å². The molecule has 0 aromatic rings. The summed E-state index contributed by atoms with van der Waals surface area (Å²) in [5.74, 6) is -1.10. The van der Waals surface area contributed by atoms with Crippen LogP contribution in [0, 0.1) is 0 Å². The highest BCUT2D eigenvalue weighted by molar-refractivity contribution is 4.49. The lowest BCUT2D eigenvalue weighted by atomic mass is 10.4. The van der Waals surface area contributed by atoms with Gasteiger partial charge < -0.3 is 15.6 Å². The second kappa shape index (κ2) is 2.44. The van der Waals surface area contributed by atoms with E-state index < -0.39 is 12.0 Å². The van der Waals surface area contributed by atoms with Crippen molar-refractivity contribution < 1.29 is 9.84 Å². The van der Waals surface area contributed by atoms with Crippen LogP contribution in [-0.4, -0.2) is 17.1 Å². The molecule has 3 nitrogen and oxygen atoms in total. The van der Waals surface area contributed by atoms with Gasteiger partial charge in [0.1, 0.15) is 6.23 Å². The third-order valence-electron chi connectivity index (χ3n) is 0.474. The molecule has 3 heteroatoms. The molecule has 0 bridgehead atoms. The summed E-state index contributed by atoms with van der Waals surface area (Å²) in [7, 11) is 0. The largest absolute Gasteiger partial charge is 0.366 e. The lowest BCUT2D eigenvalue weighted by molar-refractivity contribution is -0.199. The molecule has 0 saturated carbocycles. The van der Waals surface area contributed by atoms with Gasteiger partial charge in [0, 0.05) is 0 Å². The van der Waals surface area contributed by atoms with Crippen LogP contribution in [0.25, 0.3) is 0 Å². The smallest absolute Gasteiger partial charge is 0.161 e. The molecule has 0 radical (unpaired) electrons. The Bertz CT molecular complexity index is 65.3. The summed E-state index contributed by atoms with van der Waals surface area (Å²) in [6.45, 7) is 4.74. The monoisotopic (exact) mass is 119 g/mol. The Labute approximate surface area is 49.4 Å². The summed E-state index contributed by atoms with van der Waals surface area (Å²) in [5.41, 5.74) is 5.20. The standard InChI is InChI=1S/C5H13NO2/c1-4(6)8-5(2,3)7/h4,7H,6H2,1-3H3. The zero-order valence-electron chi connectivity index (χ0n) is 5.51. The fourth-order valence-corrected chi connectivity index (χ4v) is 0.455. The molecule has 0 aliphatic carbocycles. The van der Waals surface area contributed by atoms with E-state index in [2.05, 4.69) is 0 Å². The number of hydrogen-bond donors (Lipinski definition) is 2. The minimum atomic E-state index is -1.10. The van der Waals surface area contributed by atoms with E-state index in [4.69, 9.17) is 15.6 Å². The third-order valence-corrected chi connectivity index (χ3v) is 0.474. The molecule has 0 aromatic heterocycles. The molecule has 8 heavy (non-hydrogen) atoms. The maximum atomic E-state index is 8.89. The van der Waals surface area contributed by atoms with Crippen molar-refractivity contribution in [2.45, 2.75) is 32.8 Å². The van der Waals surface area contributed by atoms with Gasteiger partial charge >= 0.3 is 0 Å². The van der Waals surface area contributed by atoms with Gasteiger partial charge in [-0.05, 0) is 20.8 Å². The van der Waals surface area contributed by atoms with Crippen molar-refractivity contribution in [3.8, 4) is 0 Å². The number of rotatable bonds is 2. The van der Waals surface area contributed by atoms with Gasteiger partial charge in [-0.15, -0.1) is 0 Å². The Hall–Kier alpha value is -0.120. The summed E-state index contributed by atoms with van der Waals surface area (Å²) in [6, 6.07) is 0. The molecular formula is C5H13NO2. The first-order chi connectivity index (χ1) is 3.42. The average Bonchev–Trinajstić information content (AvgIpc) is 1.21. The van der Waals surface area contributed by atoms with Crippen molar-refractivity contribution in [3.05, 3.63) is 0 Å². The van der Waals surface area contributed by atoms with Crippen molar-refractivity contribution >= 4 is 0 Å². The quantitative estimate of drug-likeness (QED) is 0.504. The zero-order valence-corrected chi connectivity index (χ0v) is 5.51. The summed E-state index contributed by atoms with van der Waals surface area (Å²) in [4.78, 5) is 0. The van der Waals surface area contributed by atoms with Crippen molar-refractivity contribution in [1.29, 1.82) is 0 Å². The Morgan fingerprint density at radius 1 is 1.62 bits per heavy atom. The van der Waals surface area contributed by atoms with Gasteiger partial charge in [0.05, 0.1) is 0 Å². The van der Waals surface area contributed by atoms with E-state index in [0.29, 0.717) is 0 Å². The summed E-state index contributed by atoms with van der Waals surface area (Å²) >= 11 is 0. The topological polar surface area (TPSA) is 55.5 Å². The first-order valence-corrected chi connectivity index (χ1v) is 2.57. The predicted octanol–water partition coefficient (Wildman–Crippen LogP) is 0.0361. The SMILES string of the molecule is CC(N)OC(C)(C)O. The molecule has 0 fully saturated rings. The first-order valence-electron chi connectivity index (χ1n) is 2.57. The van der Waals surface area contributed by atoms with Gasteiger partial charge in [-0.2, -0.15) is 0 Å². The van der Waals surface area contributed by atoms with Gasteiger partial charge in [0.2, 0.25) is 0 Å². The Balaban J connectivity index is 3.39. The van der Waals surface area contributed by atoms with E-state index in [9.17, 15) is 0 Å². The molecular weight excluding hydrogens is 106 g/mol. The molecule has 0 aromatic carbocycles. The highest BCUT2D eigenvalue weighted by Crippen LogP contribution is 2.03. The average molecular weight is 119 g/mol. The molecule has 1 unspecified atom stereocenters. The normalized spacial score (nSPS) is 16.1. The molecule has 0 saturated heterocycles. The Morgan fingerprint density at radius 2 is 2.00 bits per heavy atom. The fourth-order valence-electron chi connectivity index (χ4n) is 0.455. The van der Waals surface area contributed by atoms with Crippen LogP contribution in [-0.2, 0) is 4.74 Å². The number of nitrogens with two attached hydrogens (primary N) is 1. The Kier molecular flexibility index (Phi) is 2.40. The second-order valence-electron chi connectivity index (χ2n) is 2.27. The molecule has 50 valence electrons. The fraction of sp³-hybridized carbons (Fsp3) is 1.00. The number of aliphatic hydroxyl groups is 1. The van der Waals surface area contributed by atoms with Crippen molar-refractivity contribution in [2.24, 2.45) is 5.73 Å². The summed E-state index contributed by atoms with van der Waals surface area (Å²) in [5, 5.41) is 8.89. The number of hydrogen-bond acceptors (Lipinski definition) is 3. The Morgan fingerprint density at radius 3 is 2.00 bits per heavy atom. The molecule has 0 aliphatic heterocycles. The highest BCUT2D eigenvalue weighted by Gasteiger charge is 2.13. The molecule has 0 rings (SSSR count). The van der Waals surface area contributed by atoms with E-state index in [1.54, 1.807) is 6.92 Å². The van der Waals surface area contributed by atoms with Gasteiger partial charge in [-0.3, -0.25) is 0 Å². The second-order valence-corrected chi connectivity index (χ2v) is 2.27. The van der Waals surface area contributed by atoms with E-state index in [-0.39, 0.29) is 0 Å². The molecule has 3 N–H and O–H groups in total. The van der Waals surface area contributed by atoms with Crippen LogP contribution in [0.3, 0.4) is 0 Å². The predicted molar refractivity (Wildman–Crippen MR) is 31.0 cm³/mol. The van der Waals surface area contributed by atoms with Gasteiger partial charge in [-0.1, -0.05) is 0 Å². The molecule has 0 amide bonds. The van der Waals surface area contributed by atoms with Gasteiger partial charge in [0.25, 0.3) is 0 Å². The zero-order chi connectivity index (χ0) is 6.78. The van der Waals surface area contributed by atoms with Crippen molar-refractivity contribution in [1.82, 2.24) is 0 Å². The third kappa shape index (κ3) is 5.88. The van der Waals surface area contributed by atoms with Crippen LogP contribution in [0.15, 0.2) is 0 Å². The minimum Gasteiger partial charge on any atom is -0.366 e. The van der Waals surface area contributed by atoms with Crippen LogP contribution in [0.5, 0.6) is 0 Å². The maximum Gasteiger partial charge on any atom is 0.161 e. The van der Waals surface area contributed by atoms with Gasteiger partial charge in [0.15, 0.2) is 5.79 Å². The van der Waals surface area contributed by atoms with Crippen LogP contribution in [0.2, 0.25) is 0 Å². The number of ether oxygens (including phenoxy) is 1. The summed E-state index contributed by atoms with van der Waals surface area (Å²) in [6.07, 6.45) is -0.407. The van der Waals surface area contributed by atoms with Crippen molar-refractivity contribution in [2.75, 3.05) is 0 Å². The van der Waals surface area contributed by atoms with Crippen molar-refractivity contribution in [3.63, 3.8) is 0 Å².